The molecule has 0 saturated carbocycles. The van der Waals surface area contributed by atoms with Crippen molar-refractivity contribution in [2.75, 3.05) is 12.4 Å². The first kappa shape index (κ1) is 21.2. The summed E-state index contributed by atoms with van der Waals surface area (Å²) in [4.78, 5) is 12.6. The average molecular weight is 431 g/mol. The Bertz CT molecular complexity index is 1160. The molecule has 0 radical (unpaired) electrons. The third-order valence-electron chi connectivity index (χ3n) is 4.93. The predicted molar refractivity (Wildman–Crippen MR) is 121 cm³/mol. The Labute approximate surface area is 186 Å². The number of aryl methyl sites for hydroxylation is 1. The summed E-state index contributed by atoms with van der Waals surface area (Å²) in [5.41, 5.74) is 3.23. The lowest BCUT2D eigenvalue weighted by Crippen LogP contribution is -2.11. The number of methoxy groups -OCH3 is 1. The number of hydrogen-bond acceptors (Lipinski definition) is 5. The van der Waals surface area contributed by atoms with E-state index in [9.17, 15) is 4.79 Å². The Morgan fingerprint density at radius 2 is 1.62 bits per heavy atom. The van der Waals surface area contributed by atoms with Gasteiger partial charge in [0.1, 0.15) is 18.1 Å². The number of nitrogens with zero attached hydrogens (tertiary/aromatic N) is 4. The first-order valence-corrected chi connectivity index (χ1v) is 10.3. The summed E-state index contributed by atoms with van der Waals surface area (Å²) in [5.74, 6) is 1.35. The van der Waals surface area contributed by atoms with Gasteiger partial charge in [0.15, 0.2) is 0 Å². The topological polar surface area (TPSA) is 83.2 Å². The molecular weight excluding hydrogens is 406 g/mol. The molecular formula is C24H25N5O3. The number of carbonyl (C=O) groups is 1. The SMILES string of the molecule is CCn1cc(Cn2cc(NC(=O)c3ccc(COc4ccc(OC)cc4)cc3)cn2)cn1. The highest BCUT2D eigenvalue weighted by Gasteiger charge is 2.09. The standard InChI is InChI=1S/C24H25N5O3/c1-3-28-14-19(12-25-28)15-29-16-21(13-26-29)27-24(30)20-6-4-18(5-7-20)17-32-23-10-8-22(31-2)9-11-23/h4-14,16H,3,15,17H2,1-2H3,(H,27,30). The van der Waals surface area contributed by atoms with Gasteiger partial charge in [0.25, 0.3) is 5.91 Å². The maximum absolute atomic E-state index is 12.6. The molecule has 1 N–H and O–H groups in total. The third-order valence-corrected chi connectivity index (χ3v) is 4.93. The minimum absolute atomic E-state index is 0.189. The lowest BCUT2D eigenvalue weighted by Gasteiger charge is -2.08. The van der Waals surface area contributed by atoms with Gasteiger partial charge in [0, 0.05) is 30.1 Å². The molecule has 0 atom stereocenters. The number of nitrogens with one attached hydrogen (secondary N) is 1. The van der Waals surface area contributed by atoms with Gasteiger partial charge in [-0.15, -0.1) is 0 Å². The monoisotopic (exact) mass is 431 g/mol. The van der Waals surface area contributed by atoms with Crippen molar-refractivity contribution in [3.8, 4) is 11.5 Å². The van der Waals surface area contributed by atoms with Gasteiger partial charge in [0.2, 0.25) is 0 Å². The minimum atomic E-state index is -0.189. The second-order valence-electron chi connectivity index (χ2n) is 7.25. The molecule has 1 amide bonds. The minimum Gasteiger partial charge on any atom is -0.497 e. The maximum atomic E-state index is 12.6. The van der Waals surface area contributed by atoms with Gasteiger partial charge >= 0.3 is 0 Å². The van der Waals surface area contributed by atoms with E-state index < -0.39 is 0 Å². The molecule has 2 heterocycles. The molecule has 0 fully saturated rings. The number of amides is 1. The second-order valence-corrected chi connectivity index (χ2v) is 7.25. The molecule has 8 nitrogen and oxygen atoms in total. The van der Waals surface area contributed by atoms with E-state index in [0.29, 0.717) is 24.4 Å². The molecule has 4 rings (SSSR count). The summed E-state index contributed by atoms with van der Waals surface area (Å²) in [7, 11) is 1.63. The van der Waals surface area contributed by atoms with Gasteiger partial charge in [0.05, 0.1) is 31.7 Å². The highest BCUT2D eigenvalue weighted by molar-refractivity contribution is 6.04. The molecule has 2 aromatic heterocycles. The first-order valence-electron chi connectivity index (χ1n) is 10.3. The summed E-state index contributed by atoms with van der Waals surface area (Å²) >= 11 is 0. The average Bonchev–Trinajstić information content (AvgIpc) is 3.47. The Hall–Kier alpha value is -4.07. The van der Waals surface area contributed by atoms with E-state index in [1.54, 1.807) is 36.3 Å². The molecule has 0 aliphatic heterocycles. The Balaban J connectivity index is 1.30. The maximum Gasteiger partial charge on any atom is 0.255 e. The number of ether oxygens (including phenoxy) is 2. The quantitative estimate of drug-likeness (QED) is 0.433. The van der Waals surface area contributed by atoms with Gasteiger partial charge in [-0.2, -0.15) is 10.2 Å². The Morgan fingerprint density at radius 1 is 0.906 bits per heavy atom. The van der Waals surface area contributed by atoms with Crippen molar-refractivity contribution in [3.05, 3.63) is 90.0 Å². The van der Waals surface area contributed by atoms with Crippen LogP contribution in [-0.2, 0) is 19.7 Å². The van der Waals surface area contributed by atoms with Crippen LogP contribution in [0.25, 0.3) is 0 Å². The fourth-order valence-electron chi connectivity index (χ4n) is 3.16. The molecule has 8 heteroatoms. The lowest BCUT2D eigenvalue weighted by molar-refractivity contribution is 0.102. The molecule has 0 aliphatic rings. The Morgan fingerprint density at radius 3 is 2.31 bits per heavy atom. The highest BCUT2D eigenvalue weighted by atomic mass is 16.5. The normalized spacial score (nSPS) is 10.7. The molecule has 0 spiro atoms. The summed E-state index contributed by atoms with van der Waals surface area (Å²) in [6.07, 6.45) is 7.25. The van der Waals surface area contributed by atoms with Crippen LogP contribution in [0.4, 0.5) is 5.69 Å². The molecule has 0 unspecified atom stereocenters. The second kappa shape index (κ2) is 9.82. The van der Waals surface area contributed by atoms with E-state index in [2.05, 4.69) is 15.5 Å². The van der Waals surface area contributed by atoms with Crippen LogP contribution >= 0.6 is 0 Å². The molecule has 32 heavy (non-hydrogen) atoms. The van der Waals surface area contributed by atoms with Crippen molar-refractivity contribution in [2.45, 2.75) is 26.6 Å². The van der Waals surface area contributed by atoms with Gasteiger partial charge in [-0.25, -0.2) is 0 Å². The summed E-state index contributed by atoms with van der Waals surface area (Å²) in [5, 5.41) is 11.5. The zero-order chi connectivity index (χ0) is 22.3. The van der Waals surface area contributed by atoms with Gasteiger partial charge < -0.3 is 14.8 Å². The fourth-order valence-corrected chi connectivity index (χ4v) is 3.16. The smallest absolute Gasteiger partial charge is 0.255 e. The van der Waals surface area contributed by atoms with E-state index in [4.69, 9.17) is 9.47 Å². The summed E-state index contributed by atoms with van der Waals surface area (Å²) < 4.78 is 14.6. The van der Waals surface area contributed by atoms with Crippen LogP contribution in [0.1, 0.15) is 28.4 Å². The van der Waals surface area contributed by atoms with E-state index in [0.717, 1.165) is 29.2 Å². The van der Waals surface area contributed by atoms with Gasteiger partial charge in [-0.3, -0.25) is 14.2 Å². The number of hydrogen-bond donors (Lipinski definition) is 1. The highest BCUT2D eigenvalue weighted by Crippen LogP contribution is 2.18. The van der Waals surface area contributed by atoms with Crippen LogP contribution in [0.3, 0.4) is 0 Å². The lowest BCUT2D eigenvalue weighted by atomic mass is 10.1. The summed E-state index contributed by atoms with van der Waals surface area (Å²) in [6, 6.07) is 14.7. The predicted octanol–water partition coefficient (Wildman–Crippen LogP) is 3.99. The molecule has 2 aromatic carbocycles. The van der Waals surface area contributed by atoms with Crippen LogP contribution in [0.15, 0.2) is 73.3 Å². The third kappa shape index (κ3) is 5.34. The number of benzene rings is 2. The summed E-state index contributed by atoms with van der Waals surface area (Å²) in [6.45, 7) is 3.88. The first-order chi connectivity index (χ1) is 15.6. The fraction of sp³-hybridized carbons (Fsp3) is 0.208. The number of aromatic nitrogens is 4. The number of anilines is 1. The number of rotatable bonds is 9. The van der Waals surface area contributed by atoms with Crippen LogP contribution in [-0.4, -0.2) is 32.6 Å². The van der Waals surface area contributed by atoms with Crippen molar-refractivity contribution >= 4 is 11.6 Å². The Kier molecular flexibility index (Phi) is 6.50. The van der Waals surface area contributed by atoms with Crippen molar-refractivity contribution in [2.24, 2.45) is 0 Å². The van der Waals surface area contributed by atoms with Gasteiger partial charge in [-0.05, 0) is 48.9 Å². The number of carbonyl (C=O) groups excluding carboxylic acids is 1. The van der Waals surface area contributed by atoms with E-state index >= 15 is 0 Å². The van der Waals surface area contributed by atoms with Crippen LogP contribution in [0.2, 0.25) is 0 Å². The zero-order valence-corrected chi connectivity index (χ0v) is 18.1. The van der Waals surface area contributed by atoms with Crippen molar-refractivity contribution in [3.63, 3.8) is 0 Å². The van der Waals surface area contributed by atoms with E-state index in [1.807, 2.05) is 60.4 Å². The molecule has 164 valence electrons. The van der Waals surface area contributed by atoms with E-state index in [-0.39, 0.29) is 5.91 Å². The van der Waals surface area contributed by atoms with Crippen LogP contribution < -0.4 is 14.8 Å². The van der Waals surface area contributed by atoms with Crippen molar-refractivity contribution in [1.29, 1.82) is 0 Å². The van der Waals surface area contributed by atoms with Gasteiger partial charge in [-0.1, -0.05) is 12.1 Å². The largest absolute Gasteiger partial charge is 0.497 e. The molecule has 4 aromatic rings. The van der Waals surface area contributed by atoms with Crippen molar-refractivity contribution < 1.29 is 14.3 Å². The van der Waals surface area contributed by atoms with Crippen LogP contribution in [0.5, 0.6) is 11.5 Å². The molecule has 0 saturated heterocycles. The van der Waals surface area contributed by atoms with Crippen molar-refractivity contribution in [1.82, 2.24) is 19.6 Å². The molecule has 0 bridgehead atoms. The van der Waals surface area contributed by atoms with E-state index in [1.165, 1.54) is 0 Å². The zero-order valence-electron chi connectivity index (χ0n) is 18.1. The van der Waals surface area contributed by atoms with Crippen LogP contribution in [0, 0.1) is 0 Å². The molecule has 0 aliphatic carbocycles.